The molecule has 1 aliphatic heterocycles. The minimum atomic E-state index is -0.776. The summed E-state index contributed by atoms with van der Waals surface area (Å²) in [5, 5.41) is 9.38. The first-order valence-corrected chi connectivity index (χ1v) is 12.9. The topological polar surface area (TPSA) is 104 Å². The van der Waals surface area contributed by atoms with Crippen LogP contribution in [0.5, 0.6) is 5.75 Å². The van der Waals surface area contributed by atoms with Gasteiger partial charge in [0.05, 0.1) is 17.1 Å². The van der Waals surface area contributed by atoms with E-state index in [1.165, 1.54) is 15.6 Å². The summed E-state index contributed by atoms with van der Waals surface area (Å²) in [7, 11) is 5.07. The Morgan fingerprint density at radius 1 is 1.18 bits per heavy atom. The second kappa shape index (κ2) is 9.18. The quantitative estimate of drug-likeness (QED) is 0.400. The molecular formula is C28H29F2N7O2. The Morgan fingerprint density at radius 2 is 1.95 bits per heavy atom. The number of halogens is 2. The molecule has 3 aromatic heterocycles. The first kappa shape index (κ1) is 25.0. The summed E-state index contributed by atoms with van der Waals surface area (Å²) in [6.45, 7) is 1.70. The van der Waals surface area contributed by atoms with Gasteiger partial charge in [0.15, 0.2) is 11.6 Å². The highest BCUT2D eigenvalue weighted by Gasteiger charge is 2.32. The number of rotatable bonds is 2. The normalized spacial score (nSPS) is 16.3. The number of nitrogens with two attached hydrogens (primary N) is 1. The molecule has 1 aliphatic carbocycles. The van der Waals surface area contributed by atoms with Gasteiger partial charge in [0.25, 0.3) is 0 Å². The lowest BCUT2D eigenvalue weighted by Gasteiger charge is -2.21. The molecule has 1 amide bonds. The van der Waals surface area contributed by atoms with Gasteiger partial charge in [-0.3, -0.25) is 4.68 Å². The molecule has 0 saturated heterocycles. The van der Waals surface area contributed by atoms with Crippen molar-refractivity contribution in [1.29, 1.82) is 0 Å². The van der Waals surface area contributed by atoms with Crippen LogP contribution in [-0.2, 0) is 19.9 Å². The summed E-state index contributed by atoms with van der Waals surface area (Å²) in [4.78, 5) is 19.2. The Kier molecular flexibility index (Phi) is 5.89. The zero-order valence-corrected chi connectivity index (χ0v) is 22.2. The number of amides is 1. The van der Waals surface area contributed by atoms with Gasteiger partial charge in [0, 0.05) is 73.8 Å². The van der Waals surface area contributed by atoms with Crippen LogP contribution in [0.25, 0.3) is 22.4 Å². The van der Waals surface area contributed by atoms with E-state index in [-0.39, 0.29) is 35.1 Å². The van der Waals surface area contributed by atoms with Gasteiger partial charge in [0.2, 0.25) is 0 Å². The summed E-state index contributed by atoms with van der Waals surface area (Å²) in [6, 6.07) is 3.54. The maximum absolute atomic E-state index is 15.5. The minimum absolute atomic E-state index is 0.132. The van der Waals surface area contributed by atoms with Crippen molar-refractivity contribution in [3.63, 3.8) is 0 Å². The highest BCUT2D eigenvalue weighted by atomic mass is 19.1. The van der Waals surface area contributed by atoms with Gasteiger partial charge in [-0.2, -0.15) is 14.9 Å². The number of anilines is 1. The van der Waals surface area contributed by atoms with E-state index >= 15 is 4.39 Å². The third-order valence-electron chi connectivity index (χ3n) is 7.29. The Bertz CT molecular complexity index is 1620. The van der Waals surface area contributed by atoms with Crippen LogP contribution in [0.4, 0.5) is 19.4 Å². The molecule has 9 nitrogen and oxygen atoms in total. The minimum Gasteiger partial charge on any atom is -0.482 e. The first-order chi connectivity index (χ1) is 18.6. The van der Waals surface area contributed by atoms with Crippen LogP contribution >= 0.6 is 0 Å². The van der Waals surface area contributed by atoms with Crippen molar-refractivity contribution in [2.45, 2.75) is 38.7 Å². The second-order valence-corrected chi connectivity index (χ2v) is 10.6. The zero-order chi connectivity index (χ0) is 27.6. The van der Waals surface area contributed by atoms with E-state index in [1.54, 1.807) is 51.2 Å². The van der Waals surface area contributed by atoms with Crippen LogP contribution in [0.3, 0.4) is 0 Å². The number of nitrogen functional groups attached to an aromatic ring is 1. The predicted octanol–water partition coefficient (Wildman–Crippen LogP) is 4.73. The van der Waals surface area contributed by atoms with E-state index in [9.17, 15) is 9.18 Å². The number of carbonyl (C=O) groups is 1. The highest BCUT2D eigenvalue weighted by molar-refractivity contribution is 5.82. The molecule has 1 atom stereocenters. The number of hydrogen-bond donors (Lipinski definition) is 1. The molecule has 0 spiro atoms. The lowest BCUT2D eigenvalue weighted by molar-refractivity contribution is 0.215. The average molecular weight is 534 g/mol. The van der Waals surface area contributed by atoms with Crippen molar-refractivity contribution in [1.82, 2.24) is 29.4 Å². The molecule has 202 valence electrons. The number of nitrogens with zero attached hydrogens (tertiary/aromatic N) is 6. The van der Waals surface area contributed by atoms with E-state index in [2.05, 4.69) is 10.1 Å². The standard InChI is InChI=1S/C28H29F2N7O2/c1-14-19-10-18(29)11-20(30)25(19)26-17(13-36(4)34-26)8-22-24(16-9-23(39-14)27(31)32-12-16)21(7-15-5-6-15)33-37(22)28(38)35(2)3/h9-15H,5-8H2,1-4H3,(H2,31,32)/t14-/m1/s1. The molecule has 1 aromatic carbocycles. The largest absolute Gasteiger partial charge is 0.482 e. The van der Waals surface area contributed by atoms with Crippen molar-refractivity contribution in [2.24, 2.45) is 13.0 Å². The Morgan fingerprint density at radius 3 is 2.67 bits per heavy atom. The molecule has 4 heterocycles. The van der Waals surface area contributed by atoms with Crippen LogP contribution in [-0.4, -0.2) is 49.6 Å². The van der Waals surface area contributed by atoms with Gasteiger partial charge >= 0.3 is 6.03 Å². The van der Waals surface area contributed by atoms with Crippen molar-refractivity contribution >= 4 is 11.8 Å². The van der Waals surface area contributed by atoms with Crippen molar-refractivity contribution in [3.05, 3.63) is 64.7 Å². The number of fused-ring (bicyclic) bond motifs is 7. The maximum atomic E-state index is 15.5. The maximum Gasteiger partial charge on any atom is 0.344 e. The summed E-state index contributed by atoms with van der Waals surface area (Å²) in [5.74, 6) is -0.581. The van der Waals surface area contributed by atoms with E-state index in [1.807, 2.05) is 0 Å². The van der Waals surface area contributed by atoms with Crippen molar-refractivity contribution < 1.29 is 18.3 Å². The molecular weight excluding hydrogens is 504 g/mol. The summed E-state index contributed by atoms with van der Waals surface area (Å²) < 4.78 is 39.2. The molecule has 1 saturated carbocycles. The van der Waals surface area contributed by atoms with Crippen LogP contribution < -0.4 is 10.5 Å². The predicted molar refractivity (Wildman–Crippen MR) is 141 cm³/mol. The summed E-state index contributed by atoms with van der Waals surface area (Å²) >= 11 is 0. The van der Waals surface area contributed by atoms with Crippen molar-refractivity contribution in [3.8, 4) is 28.1 Å². The number of aryl methyl sites for hydroxylation is 1. The third-order valence-corrected chi connectivity index (χ3v) is 7.29. The molecule has 6 rings (SSSR count). The number of ether oxygens (including phenoxy) is 1. The Labute approximate surface area is 224 Å². The average Bonchev–Trinajstić information content (AvgIpc) is 3.52. The monoisotopic (exact) mass is 533 g/mol. The molecule has 1 fully saturated rings. The van der Waals surface area contributed by atoms with Crippen molar-refractivity contribution in [2.75, 3.05) is 19.8 Å². The Balaban J connectivity index is 1.68. The molecule has 2 bridgehead atoms. The summed E-state index contributed by atoms with van der Waals surface area (Å²) in [5.41, 5.74) is 10.5. The first-order valence-electron chi connectivity index (χ1n) is 12.9. The molecule has 4 aromatic rings. The molecule has 0 radical (unpaired) electrons. The SMILES string of the molecule is C[C@H]1Oc2cc(cnc2N)-c2c(CC3CC3)nn(C(=O)N(C)C)c2Cc2cn(C)nc2-c2c(F)cc(F)cc21. The van der Waals surface area contributed by atoms with E-state index < -0.39 is 17.7 Å². The zero-order valence-electron chi connectivity index (χ0n) is 22.2. The number of aromatic nitrogens is 5. The number of hydrogen-bond acceptors (Lipinski definition) is 6. The lowest BCUT2D eigenvalue weighted by atomic mass is 9.93. The van der Waals surface area contributed by atoms with Crippen LogP contribution in [0, 0.1) is 17.6 Å². The molecule has 39 heavy (non-hydrogen) atoms. The highest BCUT2D eigenvalue weighted by Crippen LogP contribution is 2.42. The van der Waals surface area contributed by atoms with Gasteiger partial charge in [-0.05, 0) is 44.2 Å². The van der Waals surface area contributed by atoms with E-state index in [4.69, 9.17) is 15.6 Å². The van der Waals surface area contributed by atoms with Gasteiger partial charge in [-0.15, -0.1) is 0 Å². The number of carbonyl (C=O) groups excluding carboxylic acids is 1. The Hall–Kier alpha value is -4.28. The number of pyridine rings is 1. The van der Waals surface area contributed by atoms with E-state index in [0.29, 0.717) is 34.9 Å². The second-order valence-electron chi connectivity index (χ2n) is 10.6. The molecule has 11 heteroatoms. The van der Waals surface area contributed by atoms with Crippen LogP contribution in [0.2, 0.25) is 0 Å². The molecule has 2 N–H and O–H groups in total. The van der Waals surface area contributed by atoms with Gasteiger partial charge in [-0.1, -0.05) is 0 Å². The fourth-order valence-corrected chi connectivity index (χ4v) is 5.25. The van der Waals surface area contributed by atoms with Gasteiger partial charge in [0.1, 0.15) is 17.7 Å². The van der Waals surface area contributed by atoms with Crippen LogP contribution in [0.1, 0.15) is 48.4 Å². The third kappa shape index (κ3) is 4.41. The fourth-order valence-electron chi connectivity index (χ4n) is 5.25. The molecule has 2 aliphatic rings. The molecule has 0 unspecified atom stereocenters. The van der Waals surface area contributed by atoms with Gasteiger partial charge < -0.3 is 15.4 Å². The smallest absolute Gasteiger partial charge is 0.344 e. The number of benzene rings is 1. The lowest BCUT2D eigenvalue weighted by Crippen LogP contribution is -2.29. The fraction of sp³-hybridized carbons (Fsp3) is 0.357. The van der Waals surface area contributed by atoms with E-state index in [0.717, 1.165) is 30.2 Å². The summed E-state index contributed by atoms with van der Waals surface area (Å²) in [6.07, 6.45) is 5.81. The van der Waals surface area contributed by atoms with Gasteiger partial charge in [-0.25, -0.2) is 18.6 Å². The van der Waals surface area contributed by atoms with Crippen LogP contribution in [0.15, 0.2) is 30.6 Å².